The second-order valence-electron chi connectivity index (χ2n) is 9.11. The van der Waals surface area contributed by atoms with E-state index in [0.29, 0.717) is 18.8 Å². The van der Waals surface area contributed by atoms with Crippen LogP contribution in [-0.4, -0.2) is 42.3 Å². The maximum absolute atomic E-state index is 13.7. The number of carbonyl (C=O) groups excluding carboxylic acids is 1. The zero-order valence-electron chi connectivity index (χ0n) is 19.9. The van der Waals surface area contributed by atoms with E-state index in [1.807, 2.05) is 38.1 Å². The molecular weight excluding hydrogens is 436 g/mol. The van der Waals surface area contributed by atoms with Crippen LogP contribution < -0.4 is 4.31 Å². The first kappa shape index (κ1) is 24.5. The molecule has 0 fully saturated rings. The van der Waals surface area contributed by atoms with Gasteiger partial charge in [-0.15, -0.1) is 0 Å². The third-order valence-corrected chi connectivity index (χ3v) is 7.35. The third kappa shape index (κ3) is 5.82. The summed E-state index contributed by atoms with van der Waals surface area (Å²) in [6.45, 7) is 10.5. The fourth-order valence-corrected chi connectivity index (χ4v) is 4.87. The zero-order valence-corrected chi connectivity index (χ0v) is 20.7. The maximum atomic E-state index is 13.7. The lowest BCUT2D eigenvalue weighted by Gasteiger charge is -2.28. The van der Waals surface area contributed by atoms with E-state index in [0.717, 1.165) is 16.8 Å². The minimum Gasteiger partial charge on any atom is -0.347 e. The number of aryl methyl sites for hydroxylation is 1. The number of hydrogen-bond acceptors (Lipinski definition) is 4. The van der Waals surface area contributed by atoms with Crippen LogP contribution in [0.1, 0.15) is 44.5 Å². The highest BCUT2D eigenvalue weighted by atomic mass is 32.2. The number of hydrogen-bond donors (Lipinski definition) is 1. The van der Waals surface area contributed by atoms with Gasteiger partial charge in [0.25, 0.3) is 10.0 Å². The average Bonchev–Trinajstić information content (AvgIpc) is 3.29. The Labute approximate surface area is 196 Å². The lowest BCUT2D eigenvalue weighted by Crippen LogP contribution is -2.42. The predicted octanol–water partition coefficient (Wildman–Crippen LogP) is 4.26. The number of amides is 1. The molecule has 0 atom stereocenters. The topological polar surface area (TPSA) is 86.4 Å². The summed E-state index contributed by atoms with van der Waals surface area (Å²) in [6, 6.07) is 14.0. The van der Waals surface area contributed by atoms with Gasteiger partial charge in [0.1, 0.15) is 6.54 Å². The molecule has 7 nitrogen and oxygen atoms in total. The van der Waals surface area contributed by atoms with Crippen LogP contribution in [-0.2, 0) is 26.8 Å². The molecule has 0 bridgehead atoms. The molecule has 0 spiro atoms. The van der Waals surface area contributed by atoms with Crippen LogP contribution in [0.15, 0.2) is 66.0 Å². The minimum absolute atomic E-state index is 0.0940. The Balaban J connectivity index is 1.95. The molecule has 1 heterocycles. The van der Waals surface area contributed by atoms with Crippen LogP contribution in [0.25, 0.3) is 0 Å². The number of carbonyl (C=O) groups is 1. The van der Waals surface area contributed by atoms with Crippen LogP contribution >= 0.6 is 0 Å². The number of anilines is 1. The molecule has 0 unspecified atom stereocenters. The number of H-pyrrole nitrogens is 1. The van der Waals surface area contributed by atoms with Crippen molar-refractivity contribution in [2.24, 2.45) is 0 Å². The lowest BCUT2D eigenvalue weighted by atomic mass is 9.87. The molecular formula is C25H32N4O3S. The van der Waals surface area contributed by atoms with Gasteiger partial charge in [-0.25, -0.2) is 13.4 Å². The molecule has 176 valence electrons. The van der Waals surface area contributed by atoms with E-state index in [2.05, 4.69) is 30.7 Å². The summed E-state index contributed by atoms with van der Waals surface area (Å²) in [5.74, 6) is -0.289. The van der Waals surface area contributed by atoms with Crippen molar-refractivity contribution >= 4 is 21.6 Å². The van der Waals surface area contributed by atoms with Crippen molar-refractivity contribution < 1.29 is 13.2 Å². The molecule has 0 aliphatic rings. The highest BCUT2D eigenvalue weighted by Gasteiger charge is 2.29. The fraction of sp³-hybridized carbons (Fsp3) is 0.360. The summed E-state index contributed by atoms with van der Waals surface area (Å²) in [4.78, 5) is 21.9. The van der Waals surface area contributed by atoms with Crippen LogP contribution in [0.3, 0.4) is 0 Å². The SMILES string of the molecule is CCN(Cc1cnc[nH]1)C(=O)CN(c1ccc(C)cc1)S(=O)(=O)c1ccc(C(C)(C)C)cc1. The quantitative estimate of drug-likeness (QED) is 0.535. The van der Waals surface area contributed by atoms with Crippen LogP contribution in [0.2, 0.25) is 0 Å². The molecule has 1 amide bonds. The molecule has 3 aromatic rings. The van der Waals surface area contributed by atoms with Gasteiger partial charge < -0.3 is 9.88 Å². The van der Waals surface area contributed by atoms with Gasteiger partial charge in [-0.1, -0.05) is 50.6 Å². The van der Waals surface area contributed by atoms with Crippen molar-refractivity contribution in [3.05, 3.63) is 77.9 Å². The van der Waals surface area contributed by atoms with Crippen molar-refractivity contribution in [3.8, 4) is 0 Å². The molecule has 3 rings (SSSR count). The van der Waals surface area contributed by atoms with Gasteiger partial charge in [-0.3, -0.25) is 9.10 Å². The fourth-order valence-electron chi connectivity index (χ4n) is 3.46. The monoisotopic (exact) mass is 468 g/mol. The zero-order chi connectivity index (χ0) is 24.2. The van der Waals surface area contributed by atoms with Crippen molar-refractivity contribution in [2.45, 2.75) is 51.5 Å². The van der Waals surface area contributed by atoms with Crippen molar-refractivity contribution in [3.63, 3.8) is 0 Å². The van der Waals surface area contributed by atoms with E-state index >= 15 is 0 Å². The van der Waals surface area contributed by atoms with E-state index in [-0.39, 0.29) is 22.8 Å². The normalized spacial score (nSPS) is 11.9. The highest BCUT2D eigenvalue weighted by Crippen LogP contribution is 2.27. The third-order valence-electron chi connectivity index (χ3n) is 5.56. The number of aromatic nitrogens is 2. The number of nitrogens with one attached hydrogen (secondary N) is 1. The molecule has 8 heteroatoms. The predicted molar refractivity (Wildman–Crippen MR) is 131 cm³/mol. The molecule has 1 aromatic heterocycles. The van der Waals surface area contributed by atoms with Gasteiger partial charge in [0.2, 0.25) is 5.91 Å². The van der Waals surface area contributed by atoms with Gasteiger partial charge in [0.05, 0.1) is 29.1 Å². The second kappa shape index (κ2) is 9.79. The molecule has 1 N–H and O–H groups in total. The maximum Gasteiger partial charge on any atom is 0.264 e. The first-order chi connectivity index (χ1) is 15.5. The number of benzene rings is 2. The Bertz CT molecular complexity index is 1160. The summed E-state index contributed by atoms with van der Waals surface area (Å²) >= 11 is 0. The van der Waals surface area contributed by atoms with Gasteiger partial charge in [0, 0.05) is 12.7 Å². The van der Waals surface area contributed by atoms with Crippen LogP contribution in [0.5, 0.6) is 0 Å². The Hall–Kier alpha value is -3.13. The van der Waals surface area contributed by atoms with E-state index in [4.69, 9.17) is 0 Å². The van der Waals surface area contributed by atoms with E-state index < -0.39 is 10.0 Å². The summed E-state index contributed by atoms with van der Waals surface area (Å²) in [6.07, 6.45) is 3.21. The number of likely N-dealkylation sites (N-methyl/N-ethyl adjacent to an activating group) is 1. The summed E-state index contributed by atoms with van der Waals surface area (Å²) in [5, 5.41) is 0. The Morgan fingerprint density at radius 3 is 2.18 bits per heavy atom. The van der Waals surface area contributed by atoms with Gasteiger partial charge >= 0.3 is 0 Å². The molecule has 0 radical (unpaired) electrons. The highest BCUT2D eigenvalue weighted by molar-refractivity contribution is 7.92. The van der Waals surface area contributed by atoms with Crippen molar-refractivity contribution in [2.75, 3.05) is 17.4 Å². The molecule has 0 saturated heterocycles. The van der Waals surface area contributed by atoms with Crippen molar-refractivity contribution in [1.82, 2.24) is 14.9 Å². The van der Waals surface area contributed by atoms with Crippen LogP contribution in [0, 0.1) is 6.92 Å². The van der Waals surface area contributed by atoms with E-state index in [9.17, 15) is 13.2 Å². The Morgan fingerprint density at radius 1 is 1.03 bits per heavy atom. The van der Waals surface area contributed by atoms with E-state index in [1.54, 1.807) is 41.7 Å². The smallest absolute Gasteiger partial charge is 0.264 e. The molecule has 2 aromatic carbocycles. The van der Waals surface area contributed by atoms with E-state index in [1.165, 1.54) is 4.31 Å². The Morgan fingerprint density at radius 2 is 1.67 bits per heavy atom. The first-order valence-electron chi connectivity index (χ1n) is 11.0. The minimum atomic E-state index is -3.96. The Kier molecular flexibility index (Phi) is 7.27. The van der Waals surface area contributed by atoms with Crippen LogP contribution in [0.4, 0.5) is 5.69 Å². The average molecular weight is 469 g/mol. The number of sulfonamides is 1. The summed E-state index contributed by atoms with van der Waals surface area (Å²) < 4.78 is 28.6. The van der Waals surface area contributed by atoms with Gasteiger partial charge in [-0.05, 0) is 49.1 Å². The molecule has 0 saturated carbocycles. The number of aromatic amines is 1. The standard InChI is InChI=1S/C25H32N4O3S/c1-6-28(16-21-15-26-18-27-21)24(30)17-29(22-11-7-19(2)8-12-22)33(31,32)23-13-9-20(10-14-23)25(3,4)5/h7-15,18H,6,16-17H2,1-5H3,(H,26,27). The number of nitrogens with zero attached hydrogens (tertiary/aromatic N) is 3. The van der Waals surface area contributed by atoms with Gasteiger partial charge in [0.15, 0.2) is 0 Å². The van der Waals surface area contributed by atoms with Gasteiger partial charge in [-0.2, -0.15) is 0 Å². The molecule has 0 aliphatic carbocycles. The first-order valence-corrected chi connectivity index (χ1v) is 12.4. The second-order valence-corrected chi connectivity index (χ2v) is 11.0. The number of imidazole rings is 1. The molecule has 33 heavy (non-hydrogen) atoms. The molecule has 0 aliphatic heterocycles. The van der Waals surface area contributed by atoms with Crippen molar-refractivity contribution in [1.29, 1.82) is 0 Å². The number of rotatable bonds is 8. The summed E-state index contributed by atoms with van der Waals surface area (Å²) in [7, 11) is -3.96. The summed E-state index contributed by atoms with van der Waals surface area (Å²) in [5.41, 5.74) is 3.19. The lowest BCUT2D eigenvalue weighted by molar-refractivity contribution is -0.130. The largest absolute Gasteiger partial charge is 0.347 e.